The fraction of sp³-hybridized carbons (Fsp3) is 0.312. The molecule has 0 amide bonds. The summed E-state index contributed by atoms with van der Waals surface area (Å²) >= 11 is 6.46. The molecule has 1 aliphatic rings. The first-order chi connectivity index (χ1) is 12.1. The summed E-state index contributed by atoms with van der Waals surface area (Å²) in [4.78, 5) is 20.5. The lowest BCUT2D eigenvalue weighted by atomic mass is 10.1. The van der Waals surface area contributed by atoms with Gasteiger partial charge in [0.25, 0.3) is 0 Å². The van der Waals surface area contributed by atoms with E-state index in [0.717, 1.165) is 29.8 Å². The summed E-state index contributed by atoms with van der Waals surface area (Å²) in [5.41, 5.74) is 2.55. The largest absolute Gasteiger partial charge is 0.511 e. The normalized spacial score (nSPS) is 14.8. The molecule has 9 heteroatoms. The van der Waals surface area contributed by atoms with E-state index in [0.29, 0.717) is 11.0 Å². The van der Waals surface area contributed by atoms with E-state index in [-0.39, 0.29) is 5.75 Å². The Morgan fingerprint density at radius 2 is 2.08 bits per heavy atom. The fourth-order valence-electron chi connectivity index (χ4n) is 3.07. The van der Waals surface area contributed by atoms with Crippen molar-refractivity contribution < 1.29 is 14.6 Å². The predicted octanol–water partition coefficient (Wildman–Crippen LogP) is 3.45. The monoisotopic (exact) mass is 361 g/mol. The zero-order chi connectivity index (χ0) is 17.4. The topological polar surface area (TPSA) is 96.3 Å². The van der Waals surface area contributed by atoms with Crippen LogP contribution in [0, 0.1) is 0 Å². The first kappa shape index (κ1) is 15.8. The number of fused-ring (bicyclic) bond motifs is 1. The molecule has 0 bridgehead atoms. The number of aromatic amines is 1. The number of nitrogens with zero attached hydrogens (tertiary/aromatic N) is 4. The summed E-state index contributed by atoms with van der Waals surface area (Å²) in [6.45, 7) is 2.00. The molecule has 8 nitrogen and oxygen atoms in total. The van der Waals surface area contributed by atoms with Gasteiger partial charge in [-0.25, -0.2) is 14.5 Å². The van der Waals surface area contributed by atoms with Crippen LogP contribution in [-0.4, -0.2) is 44.1 Å². The van der Waals surface area contributed by atoms with Gasteiger partial charge in [0.1, 0.15) is 0 Å². The molecule has 3 heterocycles. The van der Waals surface area contributed by atoms with Crippen molar-refractivity contribution in [3.8, 4) is 11.7 Å². The van der Waals surface area contributed by atoms with Crippen molar-refractivity contribution in [2.75, 3.05) is 18.0 Å². The molecule has 1 aromatic carbocycles. The van der Waals surface area contributed by atoms with Crippen LogP contribution >= 0.6 is 11.6 Å². The summed E-state index contributed by atoms with van der Waals surface area (Å²) in [6, 6.07) is 3.83. The number of hydrogen-bond acceptors (Lipinski definition) is 5. The van der Waals surface area contributed by atoms with Crippen molar-refractivity contribution in [2.45, 2.75) is 19.3 Å². The highest BCUT2D eigenvalue weighted by molar-refractivity contribution is 6.34. The second-order valence-electron chi connectivity index (χ2n) is 5.92. The van der Waals surface area contributed by atoms with Crippen molar-refractivity contribution in [1.82, 2.24) is 19.7 Å². The van der Waals surface area contributed by atoms with Gasteiger partial charge >= 0.3 is 6.16 Å². The Morgan fingerprint density at radius 3 is 2.84 bits per heavy atom. The highest BCUT2D eigenvalue weighted by Gasteiger charge is 2.17. The Morgan fingerprint density at radius 1 is 1.28 bits per heavy atom. The van der Waals surface area contributed by atoms with Crippen molar-refractivity contribution in [2.24, 2.45) is 0 Å². The standard InChI is InChI=1S/C16H16ClN5O3/c17-11-6-12-13(7-14(11)21-4-2-1-3-5-21)20-15(19-12)22-9-10(8-18-22)25-16(23)24/h6-9H,1-5H2,(H,19,20)(H,23,24). The van der Waals surface area contributed by atoms with Gasteiger partial charge in [0, 0.05) is 13.1 Å². The number of ether oxygens (including phenoxy) is 1. The number of anilines is 1. The average Bonchev–Trinajstić information content (AvgIpc) is 3.20. The van der Waals surface area contributed by atoms with Gasteiger partial charge < -0.3 is 19.7 Å². The number of imidazole rings is 1. The van der Waals surface area contributed by atoms with Crippen molar-refractivity contribution >= 4 is 34.5 Å². The Bertz CT molecular complexity index is 929. The van der Waals surface area contributed by atoms with Crippen LogP contribution in [-0.2, 0) is 0 Å². The van der Waals surface area contributed by atoms with Gasteiger partial charge in [-0.2, -0.15) is 5.10 Å². The minimum absolute atomic E-state index is 0.125. The number of carboxylic acid groups (broad SMARTS) is 1. The molecule has 4 rings (SSSR count). The Labute approximate surface area is 148 Å². The maximum Gasteiger partial charge on any atom is 0.511 e. The van der Waals surface area contributed by atoms with Gasteiger partial charge in [0.15, 0.2) is 5.75 Å². The maximum absolute atomic E-state index is 10.6. The zero-order valence-electron chi connectivity index (χ0n) is 13.3. The fourth-order valence-corrected chi connectivity index (χ4v) is 3.35. The van der Waals surface area contributed by atoms with Gasteiger partial charge in [-0.15, -0.1) is 0 Å². The van der Waals surface area contributed by atoms with E-state index in [1.807, 2.05) is 12.1 Å². The SMILES string of the molecule is O=C(O)Oc1cnn(-c2nc3cc(N4CCCCC4)c(Cl)cc3[nH]2)c1. The molecular formula is C16H16ClN5O3. The van der Waals surface area contributed by atoms with Gasteiger partial charge in [-0.05, 0) is 31.4 Å². The maximum atomic E-state index is 10.6. The summed E-state index contributed by atoms with van der Waals surface area (Å²) in [6.07, 6.45) is 4.96. The number of benzene rings is 1. The molecule has 130 valence electrons. The van der Waals surface area contributed by atoms with E-state index < -0.39 is 6.16 Å². The summed E-state index contributed by atoms with van der Waals surface area (Å²) in [5, 5.41) is 13.4. The first-order valence-corrected chi connectivity index (χ1v) is 8.38. The van der Waals surface area contributed by atoms with Crippen molar-refractivity contribution in [1.29, 1.82) is 0 Å². The lowest BCUT2D eigenvalue weighted by molar-refractivity contribution is 0.144. The molecule has 0 spiro atoms. The zero-order valence-corrected chi connectivity index (χ0v) is 14.0. The third kappa shape index (κ3) is 3.12. The van der Waals surface area contributed by atoms with Crippen LogP contribution in [0.3, 0.4) is 0 Å². The molecule has 2 aromatic heterocycles. The van der Waals surface area contributed by atoms with Crippen LogP contribution in [0.4, 0.5) is 10.5 Å². The lowest BCUT2D eigenvalue weighted by Crippen LogP contribution is -2.29. The van der Waals surface area contributed by atoms with Crippen LogP contribution < -0.4 is 9.64 Å². The van der Waals surface area contributed by atoms with Crippen molar-refractivity contribution in [3.63, 3.8) is 0 Å². The Kier molecular flexibility index (Phi) is 3.96. The number of hydrogen-bond donors (Lipinski definition) is 2. The van der Waals surface area contributed by atoms with Crippen LogP contribution in [0.2, 0.25) is 5.02 Å². The summed E-state index contributed by atoms with van der Waals surface area (Å²) in [7, 11) is 0. The molecule has 3 aromatic rings. The molecule has 2 N–H and O–H groups in total. The summed E-state index contributed by atoms with van der Waals surface area (Å²) in [5.74, 6) is 0.585. The van der Waals surface area contributed by atoms with E-state index in [9.17, 15) is 4.79 Å². The molecule has 0 aliphatic carbocycles. The molecule has 0 atom stereocenters. The smallest absolute Gasteiger partial charge is 0.449 e. The minimum Gasteiger partial charge on any atom is -0.449 e. The molecule has 0 saturated carbocycles. The van der Waals surface area contributed by atoms with Crippen molar-refractivity contribution in [3.05, 3.63) is 29.5 Å². The highest BCUT2D eigenvalue weighted by atomic mass is 35.5. The van der Waals surface area contributed by atoms with E-state index in [1.54, 1.807) is 0 Å². The quantitative estimate of drug-likeness (QED) is 0.693. The van der Waals surface area contributed by atoms with Gasteiger partial charge in [0.05, 0.1) is 34.1 Å². The van der Waals surface area contributed by atoms with Crippen LogP contribution in [0.1, 0.15) is 19.3 Å². The van der Waals surface area contributed by atoms with Crippen LogP contribution in [0.25, 0.3) is 17.0 Å². The number of piperidine rings is 1. The van der Waals surface area contributed by atoms with Crippen LogP contribution in [0.5, 0.6) is 5.75 Å². The second-order valence-corrected chi connectivity index (χ2v) is 6.32. The number of aromatic nitrogens is 4. The number of H-pyrrole nitrogens is 1. The Balaban J connectivity index is 1.67. The van der Waals surface area contributed by atoms with Crippen LogP contribution in [0.15, 0.2) is 24.5 Å². The third-order valence-electron chi connectivity index (χ3n) is 4.22. The number of nitrogens with one attached hydrogen (secondary N) is 1. The highest BCUT2D eigenvalue weighted by Crippen LogP contribution is 2.32. The molecule has 1 saturated heterocycles. The molecule has 0 unspecified atom stereocenters. The van der Waals surface area contributed by atoms with E-state index in [4.69, 9.17) is 16.7 Å². The molecule has 1 fully saturated rings. The lowest BCUT2D eigenvalue weighted by Gasteiger charge is -2.29. The number of rotatable bonds is 3. The summed E-state index contributed by atoms with van der Waals surface area (Å²) < 4.78 is 6.00. The Hall–Kier alpha value is -2.74. The van der Waals surface area contributed by atoms with Gasteiger partial charge in [-0.3, -0.25) is 0 Å². The van der Waals surface area contributed by atoms with E-state index >= 15 is 0 Å². The molecule has 25 heavy (non-hydrogen) atoms. The van der Waals surface area contributed by atoms with E-state index in [1.165, 1.54) is 36.3 Å². The molecule has 0 radical (unpaired) electrons. The molecular weight excluding hydrogens is 346 g/mol. The number of halogens is 1. The molecule has 1 aliphatic heterocycles. The van der Waals surface area contributed by atoms with Gasteiger partial charge in [-0.1, -0.05) is 11.6 Å². The second kappa shape index (κ2) is 6.29. The van der Waals surface area contributed by atoms with E-state index in [2.05, 4.69) is 24.7 Å². The predicted molar refractivity (Wildman–Crippen MR) is 92.9 cm³/mol. The third-order valence-corrected chi connectivity index (χ3v) is 4.52. The average molecular weight is 362 g/mol. The minimum atomic E-state index is -1.39. The number of carbonyl (C=O) groups is 1. The van der Waals surface area contributed by atoms with Gasteiger partial charge in [0.2, 0.25) is 5.95 Å². The first-order valence-electron chi connectivity index (χ1n) is 8.00.